The molecule has 19 heavy (non-hydrogen) atoms. The third-order valence-corrected chi connectivity index (χ3v) is 4.53. The zero-order chi connectivity index (χ0) is 13.1. The first-order chi connectivity index (χ1) is 9.34. The highest BCUT2D eigenvalue weighted by atomic mass is 15.1. The number of fused-ring (bicyclic) bond motifs is 1. The first kappa shape index (κ1) is 13.1. The SMILES string of the molecule is NC1CC(NCCN2CCCCC2)c2ccccc21. The van der Waals surface area contributed by atoms with E-state index in [2.05, 4.69) is 34.5 Å². The van der Waals surface area contributed by atoms with Crippen molar-refractivity contribution in [2.75, 3.05) is 26.2 Å². The summed E-state index contributed by atoms with van der Waals surface area (Å²) in [6, 6.07) is 9.28. The van der Waals surface area contributed by atoms with Gasteiger partial charge < -0.3 is 16.0 Å². The van der Waals surface area contributed by atoms with Crippen LogP contribution in [-0.2, 0) is 0 Å². The molecule has 2 atom stereocenters. The van der Waals surface area contributed by atoms with Crippen molar-refractivity contribution in [3.63, 3.8) is 0 Å². The lowest BCUT2D eigenvalue weighted by atomic mass is 10.1. The molecule has 1 aromatic rings. The fourth-order valence-electron chi connectivity index (χ4n) is 3.45. The predicted molar refractivity (Wildman–Crippen MR) is 79.0 cm³/mol. The van der Waals surface area contributed by atoms with E-state index in [1.165, 1.54) is 50.0 Å². The molecular weight excluding hydrogens is 234 g/mol. The van der Waals surface area contributed by atoms with Crippen LogP contribution in [0.5, 0.6) is 0 Å². The van der Waals surface area contributed by atoms with Crippen molar-refractivity contribution in [2.24, 2.45) is 5.73 Å². The van der Waals surface area contributed by atoms with Crippen LogP contribution in [0.1, 0.15) is 48.9 Å². The lowest BCUT2D eigenvalue weighted by Crippen LogP contribution is -2.36. The Balaban J connectivity index is 1.51. The first-order valence-corrected chi connectivity index (χ1v) is 7.65. The van der Waals surface area contributed by atoms with Crippen LogP contribution in [0.3, 0.4) is 0 Å². The van der Waals surface area contributed by atoms with Crippen molar-refractivity contribution < 1.29 is 0 Å². The fraction of sp³-hybridized carbons (Fsp3) is 0.625. The Morgan fingerprint density at radius 3 is 2.63 bits per heavy atom. The summed E-state index contributed by atoms with van der Waals surface area (Å²) >= 11 is 0. The zero-order valence-corrected chi connectivity index (χ0v) is 11.6. The molecular formula is C16H25N3. The van der Waals surface area contributed by atoms with E-state index in [1.807, 2.05) is 0 Å². The first-order valence-electron chi connectivity index (χ1n) is 7.65. The van der Waals surface area contributed by atoms with Crippen LogP contribution in [0.4, 0.5) is 0 Å². The maximum absolute atomic E-state index is 6.20. The highest BCUT2D eigenvalue weighted by Gasteiger charge is 2.27. The van der Waals surface area contributed by atoms with Gasteiger partial charge in [0.2, 0.25) is 0 Å². The fourth-order valence-corrected chi connectivity index (χ4v) is 3.45. The summed E-state index contributed by atoms with van der Waals surface area (Å²) in [7, 11) is 0. The molecule has 0 aromatic heterocycles. The van der Waals surface area contributed by atoms with E-state index < -0.39 is 0 Å². The normalized spacial score (nSPS) is 27.4. The Hall–Kier alpha value is -0.900. The largest absolute Gasteiger partial charge is 0.324 e. The molecule has 1 saturated heterocycles. The van der Waals surface area contributed by atoms with Crippen molar-refractivity contribution in [2.45, 2.75) is 37.8 Å². The maximum atomic E-state index is 6.20. The standard InChI is InChI=1S/C16H25N3/c17-15-12-16(14-7-3-2-6-13(14)15)18-8-11-19-9-4-1-5-10-19/h2-3,6-7,15-16,18H,1,4-5,8-12,17H2. The molecule has 3 nitrogen and oxygen atoms in total. The summed E-state index contributed by atoms with van der Waals surface area (Å²) < 4.78 is 0. The molecule has 1 aliphatic heterocycles. The van der Waals surface area contributed by atoms with E-state index in [4.69, 9.17) is 5.73 Å². The van der Waals surface area contributed by atoms with Gasteiger partial charge >= 0.3 is 0 Å². The molecule has 3 N–H and O–H groups in total. The minimum absolute atomic E-state index is 0.212. The van der Waals surface area contributed by atoms with Crippen LogP contribution in [0.2, 0.25) is 0 Å². The summed E-state index contributed by atoms with van der Waals surface area (Å²) in [4.78, 5) is 2.58. The highest BCUT2D eigenvalue weighted by molar-refractivity contribution is 5.37. The zero-order valence-electron chi connectivity index (χ0n) is 11.6. The van der Waals surface area contributed by atoms with E-state index in [9.17, 15) is 0 Å². The number of rotatable bonds is 4. The number of hydrogen-bond donors (Lipinski definition) is 2. The summed E-state index contributed by atoms with van der Waals surface area (Å²) in [6.45, 7) is 4.81. The number of piperidine rings is 1. The number of hydrogen-bond acceptors (Lipinski definition) is 3. The summed E-state index contributed by atoms with van der Waals surface area (Å²) in [5, 5.41) is 3.69. The van der Waals surface area contributed by atoms with Gasteiger partial charge in [-0.3, -0.25) is 0 Å². The predicted octanol–water partition coefficient (Wildman–Crippen LogP) is 2.21. The molecule has 1 fully saturated rings. The smallest absolute Gasteiger partial charge is 0.0342 e. The van der Waals surface area contributed by atoms with Crippen molar-refractivity contribution in [3.05, 3.63) is 35.4 Å². The average Bonchev–Trinajstić information content (AvgIpc) is 2.78. The van der Waals surface area contributed by atoms with Crippen LogP contribution in [-0.4, -0.2) is 31.1 Å². The molecule has 0 radical (unpaired) electrons. The van der Waals surface area contributed by atoms with Gasteiger partial charge in [0.25, 0.3) is 0 Å². The van der Waals surface area contributed by atoms with Gasteiger partial charge in [0.15, 0.2) is 0 Å². The molecule has 104 valence electrons. The molecule has 3 heteroatoms. The second kappa shape index (κ2) is 6.04. The van der Waals surface area contributed by atoms with Gasteiger partial charge in [-0.25, -0.2) is 0 Å². The number of nitrogens with zero attached hydrogens (tertiary/aromatic N) is 1. The lowest BCUT2D eigenvalue weighted by molar-refractivity contribution is 0.226. The minimum atomic E-state index is 0.212. The van der Waals surface area contributed by atoms with Crippen molar-refractivity contribution in [1.82, 2.24) is 10.2 Å². The van der Waals surface area contributed by atoms with Crippen LogP contribution >= 0.6 is 0 Å². The molecule has 0 bridgehead atoms. The quantitative estimate of drug-likeness (QED) is 0.871. The number of nitrogens with one attached hydrogen (secondary N) is 1. The molecule has 2 aliphatic rings. The minimum Gasteiger partial charge on any atom is -0.324 e. The van der Waals surface area contributed by atoms with Gasteiger partial charge in [0.05, 0.1) is 0 Å². The average molecular weight is 259 g/mol. The summed E-state index contributed by atoms with van der Waals surface area (Å²) in [6.07, 6.45) is 5.20. The van der Waals surface area contributed by atoms with Crippen molar-refractivity contribution in [1.29, 1.82) is 0 Å². The monoisotopic (exact) mass is 259 g/mol. The Kier molecular flexibility index (Phi) is 4.16. The van der Waals surface area contributed by atoms with E-state index in [-0.39, 0.29) is 6.04 Å². The van der Waals surface area contributed by atoms with Crippen molar-refractivity contribution >= 4 is 0 Å². The summed E-state index contributed by atoms with van der Waals surface area (Å²) in [5.74, 6) is 0. The molecule has 0 amide bonds. The molecule has 1 heterocycles. The van der Waals surface area contributed by atoms with Gasteiger partial charge in [-0.05, 0) is 43.5 Å². The van der Waals surface area contributed by atoms with Gasteiger partial charge in [-0.2, -0.15) is 0 Å². The number of benzene rings is 1. The molecule has 2 unspecified atom stereocenters. The lowest BCUT2D eigenvalue weighted by Gasteiger charge is -2.27. The Bertz CT molecular complexity index is 412. The molecule has 3 rings (SSSR count). The van der Waals surface area contributed by atoms with E-state index in [1.54, 1.807) is 0 Å². The van der Waals surface area contributed by atoms with Crippen LogP contribution in [0, 0.1) is 0 Å². The van der Waals surface area contributed by atoms with Crippen LogP contribution in [0.25, 0.3) is 0 Å². The Morgan fingerprint density at radius 1 is 1.11 bits per heavy atom. The van der Waals surface area contributed by atoms with Crippen LogP contribution < -0.4 is 11.1 Å². The maximum Gasteiger partial charge on any atom is 0.0342 e. The second-order valence-electron chi connectivity index (χ2n) is 5.88. The van der Waals surface area contributed by atoms with Gasteiger partial charge in [-0.15, -0.1) is 0 Å². The third-order valence-electron chi connectivity index (χ3n) is 4.53. The molecule has 0 spiro atoms. The van der Waals surface area contributed by atoms with Gasteiger partial charge in [0.1, 0.15) is 0 Å². The van der Waals surface area contributed by atoms with Crippen LogP contribution in [0.15, 0.2) is 24.3 Å². The molecule has 1 aromatic carbocycles. The molecule has 1 aliphatic carbocycles. The van der Waals surface area contributed by atoms with E-state index in [0.29, 0.717) is 6.04 Å². The molecule has 0 saturated carbocycles. The third kappa shape index (κ3) is 2.99. The van der Waals surface area contributed by atoms with E-state index >= 15 is 0 Å². The summed E-state index contributed by atoms with van der Waals surface area (Å²) in [5.41, 5.74) is 8.94. The Morgan fingerprint density at radius 2 is 1.84 bits per heavy atom. The van der Waals surface area contributed by atoms with Gasteiger partial charge in [0, 0.05) is 25.2 Å². The van der Waals surface area contributed by atoms with Gasteiger partial charge in [-0.1, -0.05) is 30.7 Å². The Labute approximate surface area is 116 Å². The van der Waals surface area contributed by atoms with Crippen molar-refractivity contribution in [3.8, 4) is 0 Å². The number of nitrogens with two attached hydrogens (primary N) is 1. The second-order valence-corrected chi connectivity index (χ2v) is 5.88. The van der Waals surface area contributed by atoms with E-state index in [0.717, 1.165) is 13.0 Å². The highest BCUT2D eigenvalue weighted by Crippen LogP contribution is 2.36. The number of likely N-dealkylation sites (tertiary alicyclic amines) is 1. The topological polar surface area (TPSA) is 41.3 Å².